The number of ether oxygens (including phenoxy) is 1. The van der Waals surface area contributed by atoms with Gasteiger partial charge in [0, 0.05) is 12.0 Å². The van der Waals surface area contributed by atoms with Crippen LogP contribution in [0, 0.1) is 0 Å². The van der Waals surface area contributed by atoms with Gasteiger partial charge in [0.2, 0.25) is 0 Å². The maximum Gasteiger partial charge on any atom is 0.122 e. The van der Waals surface area contributed by atoms with Crippen molar-refractivity contribution >= 4 is 0 Å². The molecule has 0 saturated carbocycles. The highest BCUT2D eigenvalue weighted by atomic mass is 16.5. The Labute approximate surface area is 99.3 Å². The van der Waals surface area contributed by atoms with E-state index in [0.717, 1.165) is 29.9 Å². The maximum absolute atomic E-state index is 5.62. The largest absolute Gasteiger partial charge is 0.493 e. The summed E-state index contributed by atoms with van der Waals surface area (Å²) in [6.07, 6.45) is 4.32. The number of nitrogens with one attached hydrogen (secondary N) is 1. The molecule has 1 atom stereocenters. The molecule has 0 amide bonds. The number of furan rings is 1. The first-order valence-corrected chi connectivity index (χ1v) is 5.62. The fourth-order valence-corrected chi connectivity index (χ4v) is 2.21. The van der Waals surface area contributed by atoms with Crippen LogP contribution in [0.1, 0.15) is 22.7 Å². The third-order valence-electron chi connectivity index (χ3n) is 3.09. The molecule has 4 heteroatoms. The number of nitrogens with two attached hydrogens (primary N) is 1. The first-order valence-electron chi connectivity index (χ1n) is 5.62. The van der Waals surface area contributed by atoms with Crippen LogP contribution >= 0.6 is 0 Å². The fourth-order valence-electron chi connectivity index (χ4n) is 2.21. The molecule has 0 spiro atoms. The Hall–Kier alpha value is -1.78. The molecule has 3 N–H and O–H groups in total. The summed E-state index contributed by atoms with van der Waals surface area (Å²) in [5.74, 6) is 6.60. The minimum absolute atomic E-state index is 0.0420. The number of fused-ring (bicyclic) bond motifs is 1. The molecule has 0 fully saturated rings. The Bertz CT molecular complexity index is 508. The van der Waals surface area contributed by atoms with Crippen LogP contribution in [0.4, 0.5) is 0 Å². The number of hydrogen-bond donors (Lipinski definition) is 2. The van der Waals surface area contributed by atoms with Crippen LogP contribution < -0.4 is 16.0 Å². The van der Waals surface area contributed by atoms with Crippen LogP contribution in [0.2, 0.25) is 0 Å². The Balaban J connectivity index is 1.97. The quantitative estimate of drug-likeness (QED) is 0.623. The van der Waals surface area contributed by atoms with E-state index < -0.39 is 0 Å². The Kier molecular flexibility index (Phi) is 2.59. The molecule has 1 unspecified atom stereocenters. The second-order valence-electron chi connectivity index (χ2n) is 4.12. The van der Waals surface area contributed by atoms with E-state index in [4.69, 9.17) is 15.0 Å². The highest BCUT2D eigenvalue weighted by Gasteiger charge is 2.18. The van der Waals surface area contributed by atoms with Crippen molar-refractivity contribution in [2.24, 2.45) is 5.84 Å². The average Bonchev–Trinajstić information content (AvgIpc) is 2.99. The van der Waals surface area contributed by atoms with Crippen molar-refractivity contribution in [2.45, 2.75) is 12.5 Å². The van der Waals surface area contributed by atoms with Crippen LogP contribution in [-0.2, 0) is 6.42 Å². The van der Waals surface area contributed by atoms with Crippen molar-refractivity contribution in [3.63, 3.8) is 0 Å². The smallest absolute Gasteiger partial charge is 0.122 e. The van der Waals surface area contributed by atoms with E-state index in [-0.39, 0.29) is 6.04 Å². The third kappa shape index (κ3) is 1.81. The standard InChI is InChI=1S/C13H14N2O2/c14-15-13(11-3-5-16-8-11)10-1-2-12-9(7-10)4-6-17-12/h1-3,5,7-8,13,15H,4,6,14H2. The summed E-state index contributed by atoms with van der Waals surface area (Å²) >= 11 is 0. The van der Waals surface area contributed by atoms with Gasteiger partial charge in [0.25, 0.3) is 0 Å². The highest BCUT2D eigenvalue weighted by molar-refractivity contribution is 5.42. The number of hydrogen-bond acceptors (Lipinski definition) is 4. The molecular weight excluding hydrogens is 216 g/mol. The molecular formula is C13H14N2O2. The van der Waals surface area contributed by atoms with Crippen LogP contribution in [0.5, 0.6) is 5.75 Å². The molecule has 88 valence electrons. The molecule has 1 aromatic heterocycles. The van der Waals surface area contributed by atoms with Crippen LogP contribution in [0.25, 0.3) is 0 Å². The summed E-state index contributed by atoms with van der Waals surface area (Å²) < 4.78 is 10.6. The normalized spacial score (nSPS) is 15.4. The van der Waals surface area contributed by atoms with Crippen LogP contribution in [-0.4, -0.2) is 6.61 Å². The molecule has 0 bridgehead atoms. The minimum atomic E-state index is -0.0420. The lowest BCUT2D eigenvalue weighted by Crippen LogP contribution is -2.28. The van der Waals surface area contributed by atoms with Gasteiger partial charge in [-0.25, -0.2) is 5.43 Å². The molecule has 0 radical (unpaired) electrons. The Morgan fingerprint density at radius 2 is 2.18 bits per heavy atom. The van der Waals surface area contributed by atoms with Gasteiger partial charge >= 0.3 is 0 Å². The van der Waals surface area contributed by atoms with Crippen molar-refractivity contribution in [2.75, 3.05) is 6.61 Å². The van der Waals surface area contributed by atoms with E-state index in [0.29, 0.717) is 0 Å². The summed E-state index contributed by atoms with van der Waals surface area (Å²) in [5, 5.41) is 0. The van der Waals surface area contributed by atoms with Gasteiger partial charge in [0.05, 0.1) is 25.2 Å². The molecule has 17 heavy (non-hydrogen) atoms. The van der Waals surface area contributed by atoms with Gasteiger partial charge in [-0.05, 0) is 23.3 Å². The molecule has 1 aromatic carbocycles. The van der Waals surface area contributed by atoms with E-state index in [2.05, 4.69) is 11.5 Å². The predicted molar refractivity (Wildman–Crippen MR) is 63.5 cm³/mol. The zero-order valence-electron chi connectivity index (χ0n) is 9.35. The number of hydrazine groups is 1. The van der Waals surface area contributed by atoms with Gasteiger partial charge in [0.1, 0.15) is 5.75 Å². The molecule has 3 rings (SSSR count). The molecule has 4 nitrogen and oxygen atoms in total. The van der Waals surface area contributed by atoms with Crippen molar-refractivity contribution in [3.05, 3.63) is 53.5 Å². The second-order valence-corrected chi connectivity index (χ2v) is 4.12. The fraction of sp³-hybridized carbons (Fsp3) is 0.231. The monoisotopic (exact) mass is 230 g/mol. The predicted octanol–water partition coefficient (Wildman–Crippen LogP) is 1.77. The van der Waals surface area contributed by atoms with E-state index in [1.807, 2.05) is 18.2 Å². The summed E-state index contributed by atoms with van der Waals surface area (Å²) in [4.78, 5) is 0. The number of rotatable bonds is 3. The zero-order valence-corrected chi connectivity index (χ0v) is 9.35. The summed E-state index contributed by atoms with van der Waals surface area (Å²) in [5.41, 5.74) is 6.20. The van der Waals surface area contributed by atoms with Crippen LogP contribution in [0.15, 0.2) is 41.2 Å². The van der Waals surface area contributed by atoms with Gasteiger partial charge in [-0.2, -0.15) is 0 Å². The van der Waals surface area contributed by atoms with E-state index in [9.17, 15) is 0 Å². The maximum atomic E-state index is 5.62. The number of benzene rings is 1. The lowest BCUT2D eigenvalue weighted by atomic mass is 9.99. The molecule has 1 aliphatic heterocycles. The Morgan fingerprint density at radius 3 is 2.94 bits per heavy atom. The van der Waals surface area contributed by atoms with Gasteiger partial charge < -0.3 is 9.15 Å². The SMILES string of the molecule is NNC(c1ccoc1)c1ccc2c(c1)CCO2. The topological polar surface area (TPSA) is 60.4 Å². The zero-order chi connectivity index (χ0) is 11.7. The molecule has 0 aliphatic carbocycles. The second kappa shape index (κ2) is 4.24. The van der Waals surface area contributed by atoms with Gasteiger partial charge in [-0.3, -0.25) is 5.84 Å². The summed E-state index contributed by atoms with van der Waals surface area (Å²) in [6.45, 7) is 0.769. The van der Waals surface area contributed by atoms with Gasteiger partial charge in [-0.15, -0.1) is 0 Å². The average molecular weight is 230 g/mol. The van der Waals surface area contributed by atoms with Crippen molar-refractivity contribution < 1.29 is 9.15 Å². The van der Waals surface area contributed by atoms with Crippen LogP contribution in [0.3, 0.4) is 0 Å². The van der Waals surface area contributed by atoms with Crippen molar-refractivity contribution in [1.29, 1.82) is 0 Å². The van der Waals surface area contributed by atoms with Crippen molar-refractivity contribution in [3.8, 4) is 5.75 Å². The lowest BCUT2D eigenvalue weighted by molar-refractivity contribution is 0.357. The molecule has 2 aromatic rings. The summed E-state index contributed by atoms with van der Waals surface area (Å²) in [6, 6.07) is 8.04. The first kappa shape index (κ1) is 10.4. The van der Waals surface area contributed by atoms with Gasteiger partial charge in [-0.1, -0.05) is 12.1 Å². The molecule has 2 heterocycles. The first-order chi connectivity index (χ1) is 8.38. The third-order valence-corrected chi connectivity index (χ3v) is 3.09. The van der Waals surface area contributed by atoms with E-state index in [1.165, 1.54) is 5.56 Å². The van der Waals surface area contributed by atoms with Gasteiger partial charge in [0.15, 0.2) is 0 Å². The van der Waals surface area contributed by atoms with E-state index >= 15 is 0 Å². The van der Waals surface area contributed by atoms with Crippen molar-refractivity contribution in [1.82, 2.24) is 5.43 Å². The minimum Gasteiger partial charge on any atom is -0.493 e. The molecule has 1 aliphatic rings. The lowest BCUT2D eigenvalue weighted by Gasteiger charge is -2.15. The van der Waals surface area contributed by atoms with E-state index in [1.54, 1.807) is 12.5 Å². The Morgan fingerprint density at radius 1 is 1.24 bits per heavy atom. The summed E-state index contributed by atoms with van der Waals surface area (Å²) in [7, 11) is 0. The molecule has 0 saturated heterocycles. The highest BCUT2D eigenvalue weighted by Crippen LogP contribution is 2.30.